The molecule has 0 fully saturated rings. The smallest absolute Gasteiger partial charge is 0.119 e. The molecule has 1 aromatic carbocycles. The third kappa shape index (κ3) is 6.80. The maximum Gasteiger partial charge on any atom is 0.119 e. The Hall–Kier alpha value is -1.22. The molecule has 0 saturated carbocycles. The lowest BCUT2D eigenvalue weighted by Gasteiger charge is -2.25. The van der Waals surface area contributed by atoms with Crippen molar-refractivity contribution in [2.75, 3.05) is 26.8 Å². The minimum absolute atomic E-state index is 0.251. The molecule has 0 saturated heterocycles. The molecule has 114 valence electrons. The zero-order chi connectivity index (χ0) is 15.0. The zero-order valence-electron chi connectivity index (χ0n) is 13.5. The summed E-state index contributed by atoms with van der Waals surface area (Å²) < 4.78 is 10.9. The molecule has 0 atom stereocenters. The number of ether oxygens (including phenoxy) is 2. The van der Waals surface area contributed by atoms with Crippen molar-refractivity contribution in [1.29, 1.82) is 0 Å². The summed E-state index contributed by atoms with van der Waals surface area (Å²) in [6, 6.07) is 7.74. The Morgan fingerprint density at radius 1 is 1.10 bits per heavy atom. The lowest BCUT2D eigenvalue weighted by Crippen LogP contribution is -2.32. The van der Waals surface area contributed by atoms with Crippen LogP contribution in [0.15, 0.2) is 24.3 Å². The van der Waals surface area contributed by atoms with Gasteiger partial charge in [-0.1, -0.05) is 27.7 Å². The molecule has 0 unspecified atom stereocenters. The zero-order valence-corrected chi connectivity index (χ0v) is 13.5. The van der Waals surface area contributed by atoms with E-state index in [-0.39, 0.29) is 5.41 Å². The number of nitrogens with one attached hydrogen (secondary N) is 1. The summed E-state index contributed by atoms with van der Waals surface area (Å²) in [6.07, 6.45) is 1.03. The van der Waals surface area contributed by atoms with Gasteiger partial charge in [0.2, 0.25) is 0 Å². The molecule has 1 rings (SSSR count). The van der Waals surface area contributed by atoms with Gasteiger partial charge in [0, 0.05) is 6.54 Å². The lowest BCUT2D eigenvalue weighted by atomic mass is 9.89. The molecule has 0 aliphatic rings. The molecule has 20 heavy (non-hydrogen) atoms. The van der Waals surface area contributed by atoms with Crippen LogP contribution in [0.5, 0.6) is 11.5 Å². The van der Waals surface area contributed by atoms with Crippen LogP contribution in [0.1, 0.15) is 34.1 Å². The number of methoxy groups -OCH3 is 1. The maximum absolute atomic E-state index is 5.79. The molecule has 0 aromatic heterocycles. The molecule has 0 radical (unpaired) electrons. The van der Waals surface area contributed by atoms with Crippen LogP contribution in [0.2, 0.25) is 0 Å². The Morgan fingerprint density at radius 2 is 1.70 bits per heavy atom. The predicted octanol–water partition coefficient (Wildman–Crippen LogP) is 3.74. The molecule has 0 bridgehead atoms. The normalized spacial score (nSPS) is 11.7. The highest BCUT2D eigenvalue weighted by Crippen LogP contribution is 2.21. The SMILES string of the molecule is COc1ccc(OCCC(C)(C)CNCC(C)C)cc1. The van der Waals surface area contributed by atoms with Crippen molar-refractivity contribution in [2.45, 2.75) is 34.1 Å². The monoisotopic (exact) mass is 279 g/mol. The Kier molecular flexibility index (Phi) is 6.86. The molecule has 3 nitrogen and oxygen atoms in total. The van der Waals surface area contributed by atoms with Gasteiger partial charge in [-0.3, -0.25) is 0 Å². The van der Waals surface area contributed by atoms with E-state index in [0.29, 0.717) is 5.92 Å². The van der Waals surface area contributed by atoms with Gasteiger partial charge in [0.15, 0.2) is 0 Å². The predicted molar refractivity (Wildman–Crippen MR) is 84.6 cm³/mol. The molecule has 0 amide bonds. The molecule has 0 heterocycles. The summed E-state index contributed by atoms with van der Waals surface area (Å²) in [6.45, 7) is 11.8. The van der Waals surface area contributed by atoms with E-state index in [4.69, 9.17) is 9.47 Å². The van der Waals surface area contributed by atoms with Crippen molar-refractivity contribution in [1.82, 2.24) is 5.32 Å². The van der Waals surface area contributed by atoms with Gasteiger partial charge < -0.3 is 14.8 Å². The second-order valence-corrected chi connectivity index (χ2v) is 6.46. The molecular formula is C17H29NO2. The topological polar surface area (TPSA) is 30.5 Å². The Labute approximate surface area is 123 Å². The van der Waals surface area contributed by atoms with Gasteiger partial charge in [0.05, 0.1) is 13.7 Å². The second kappa shape index (κ2) is 8.15. The van der Waals surface area contributed by atoms with E-state index in [9.17, 15) is 0 Å². The Balaban J connectivity index is 2.27. The third-order valence-electron chi connectivity index (χ3n) is 3.26. The van der Waals surface area contributed by atoms with Crippen molar-refractivity contribution in [3.63, 3.8) is 0 Å². The average molecular weight is 279 g/mol. The van der Waals surface area contributed by atoms with Crippen LogP contribution in [0, 0.1) is 11.3 Å². The van der Waals surface area contributed by atoms with E-state index in [1.165, 1.54) is 0 Å². The van der Waals surface area contributed by atoms with Crippen LogP contribution in [0.25, 0.3) is 0 Å². The van der Waals surface area contributed by atoms with Gasteiger partial charge in [0.1, 0.15) is 11.5 Å². The van der Waals surface area contributed by atoms with Crippen LogP contribution in [-0.4, -0.2) is 26.8 Å². The van der Waals surface area contributed by atoms with Gasteiger partial charge in [-0.05, 0) is 48.6 Å². The van der Waals surface area contributed by atoms with Crippen LogP contribution < -0.4 is 14.8 Å². The highest BCUT2D eigenvalue weighted by molar-refractivity contribution is 5.31. The van der Waals surface area contributed by atoms with E-state index in [2.05, 4.69) is 33.0 Å². The van der Waals surface area contributed by atoms with Gasteiger partial charge >= 0.3 is 0 Å². The van der Waals surface area contributed by atoms with Gasteiger partial charge in [-0.25, -0.2) is 0 Å². The first-order valence-electron chi connectivity index (χ1n) is 7.40. The first kappa shape index (κ1) is 16.8. The highest BCUT2D eigenvalue weighted by atomic mass is 16.5. The Morgan fingerprint density at radius 3 is 2.25 bits per heavy atom. The quantitative estimate of drug-likeness (QED) is 0.747. The van der Waals surface area contributed by atoms with Crippen molar-refractivity contribution in [2.24, 2.45) is 11.3 Å². The first-order chi connectivity index (χ1) is 9.43. The molecule has 0 aliphatic heterocycles. The van der Waals surface area contributed by atoms with Gasteiger partial charge in [-0.15, -0.1) is 0 Å². The average Bonchev–Trinajstić information content (AvgIpc) is 2.38. The molecule has 0 spiro atoms. The van der Waals surface area contributed by atoms with Crippen LogP contribution in [-0.2, 0) is 0 Å². The van der Waals surface area contributed by atoms with E-state index in [1.807, 2.05) is 24.3 Å². The van der Waals surface area contributed by atoms with Crippen LogP contribution in [0.4, 0.5) is 0 Å². The summed E-state index contributed by atoms with van der Waals surface area (Å²) in [7, 11) is 1.67. The number of hydrogen-bond donors (Lipinski definition) is 1. The summed E-state index contributed by atoms with van der Waals surface area (Å²) in [5.74, 6) is 2.45. The van der Waals surface area contributed by atoms with Crippen molar-refractivity contribution < 1.29 is 9.47 Å². The summed E-state index contributed by atoms with van der Waals surface area (Å²) in [5.41, 5.74) is 0.251. The lowest BCUT2D eigenvalue weighted by molar-refractivity contribution is 0.221. The maximum atomic E-state index is 5.79. The fourth-order valence-corrected chi connectivity index (χ4v) is 1.90. The van der Waals surface area contributed by atoms with Gasteiger partial charge in [0.25, 0.3) is 0 Å². The number of hydrogen-bond acceptors (Lipinski definition) is 3. The molecule has 1 N–H and O–H groups in total. The standard InChI is InChI=1S/C17H29NO2/c1-14(2)12-18-13-17(3,4)10-11-20-16-8-6-15(19-5)7-9-16/h6-9,14,18H,10-13H2,1-5H3. The van der Waals surface area contributed by atoms with Crippen molar-refractivity contribution in [3.05, 3.63) is 24.3 Å². The minimum Gasteiger partial charge on any atom is -0.497 e. The van der Waals surface area contributed by atoms with Crippen molar-refractivity contribution in [3.8, 4) is 11.5 Å². The fraction of sp³-hybridized carbons (Fsp3) is 0.647. The minimum atomic E-state index is 0.251. The molecule has 1 aromatic rings. The molecular weight excluding hydrogens is 250 g/mol. The summed E-state index contributed by atoms with van der Waals surface area (Å²) in [4.78, 5) is 0. The summed E-state index contributed by atoms with van der Waals surface area (Å²) in [5, 5.41) is 3.52. The van der Waals surface area contributed by atoms with E-state index >= 15 is 0 Å². The van der Waals surface area contributed by atoms with E-state index < -0.39 is 0 Å². The Bertz CT molecular complexity index is 371. The third-order valence-corrected chi connectivity index (χ3v) is 3.26. The highest BCUT2D eigenvalue weighted by Gasteiger charge is 2.17. The number of benzene rings is 1. The van der Waals surface area contributed by atoms with Crippen LogP contribution in [0.3, 0.4) is 0 Å². The second-order valence-electron chi connectivity index (χ2n) is 6.46. The molecule has 0 aliphatic carbocycles. The fourth-order valence-electron chi connectivity index (χ4n) is 1.90. The van der Waals surface area contributed by atoms with E-state index in [0.717, 1.165) is 37.6 Å². The summed E-state index contributed by atoms with van der Waals surface area (Å²) >= 11 is 0. The van der Waals surface area contributed by atoms with E-state index in [1.54, 1.807) is 7.11 Å². The largest absolute Gasteiger partial charge is 0.497 e. The van der Waals surface area contributed by atoms with Gasteiger partial charge in [-0.2, -0.15) is 0 Å². The first-order valence-corrected chi connectivity index (χ1v) is 7.40. The van der Waals surface area contributed by atoms with Crippen molar-refractivity contribution >= 4 is 0 Å². The number of rotatable bonds is 9. The van der Waals surface area contributed by atoms with Crippen LogP contribution >= 0.6 is 0 Å². The molecule has 3 heteroatoms.